The molecule has 0 saturated heterocycles. The lowest BCUT2D eigenvalue weighted by Crippen LogP contribution is -2.30. The van der Waals surface area contributed by atoms with Gasteiger partial charge in [0, 0.05) is 25.7 Å². The van der Waals surface area contributed by atoms with Gasteiger partial charge in [0.25, 0.3) is 0 Å². The van der Waals surface area contributed by atoms with Crippen LogP contribution in [-0.4, -0.2) is 96.7 Å². The van der Waals surface area contributed by atoms with Gasteiger partial charge < -0.3 is 33.8 Å². The van der Waals surface area contributed by atoms with Crippen molar-refractivity contribution >= 4 is 39.5 Å². The van der Waals surface area contributed by atoms with E-state index in [-0.39, 0.29) is 25.7 Å². The minimum atomic E-state index is -4.99. The largest absolute Gasteiger partial charge is 0.472 e. The van der Waals surface area contributed by atoms with Crippen LogP contribution in [0.3, 0.4) is 0 Å². The maximum atomic E-state index is 13.1. The number of phosphoric ester groups is 2. The van der Waals surface area contributed by atoms with Gasteiger partial charge in [0.1, 0.15) is 19.3 Å². The fourth-order valence-electron chi connectivity index (χ4n) is 10.1. The molecule has 5 atom stereocenters. The number of unbranched alkanes of at least 4 members (excludes halogenated alkanes) is 26. The molecule has 0 aliphatic carbocycles. The zero-order chi connectivity index (χ0) is 73.2. The first-order chi connectivity index (χ1) is 48.7. The van der Waals surface area contributed by atoms with Crippen LogP contribution in [0.5, 0.6) is 0 Å². The Balaban J connectivity index is 5.39. The molecule has 0 fully saturated rings. The summed E-state index contributed by atoms with van der Waals surface area (Å²) in [6.07, 6.45) is 79.0. The number of hydrogen-bond donors (Lipinski definition) is 3. The molecule has 0 bridgehead atoms. The zero-order valence-electron chi connectivity index (χ0n) is 62.6. The highest BCUT2D eigenvalue weighted by atomic mass is 31.2. The lowest BCUT2D eigenvalue weighted by Gasteiger charge is -2.21. The van der Waals surface area contributed by atoms with Gasteiger partial charge in [-0.1, -0.05) is 271 Å². The van der Waals surface area contributed by atoms with Crippen LogP contribution in [0.4, 0.5) is 0 Å². The third kappa shape index (κ3) is 71.8. The predicted molar refractivity (Wildman–Crippen MR) is 408 cm³/mol. The summed E-state index contributed by atoms with van der Waals surface area (Å²) in [7, 11) is -9.97. The van der Waals surface area contributed by atoms with Crippen molar-refractivity contribution < 1.29 is 80.2 Å². The van der Waals surface area contributed by atoms with Crippen molar-refractivity contribution in [1.82, 2.24) is 0 Å². The standard InChI is InChI=1S/C81H138O17P2/c1-5-9-13-17-21-25-29-33-35-36-37-38-40-44-46-50-54-58-62-66-79(84)92-72-77(98-81(86)68-64-60-56-52-48-42-32-28-24-20-16-12-8-4)74-96-100(89,90)94-70-75(82)69-93-99(87,88)95-73-76(97-80(85)67-63-59-55-51-47-41-31-27-23-19-15-11-7-3)71-91-78(83)65-61-57-53-49-45-43-39-34-30-26-22-18-14-10-6-2/h9-10,13-14,21-22,25-27,31,33-35,37-39,44-46,49,75-77,82H,5-8,11-12,15-20,23-24,28-30,32,36,40-43,47-48,50-74H2,1-4H3,(H,87,88)(H,89,90)/b13-9-,14-10-,25-21-,26-22-,31-27-,35-33-,38-37-,39-34-,46-44-,49-45-. The van der Waals surface area contributed by atoms with Crippen molar-refractivity contribution in [2.45, 2.75) is 329 Å². The normalized spacial score (nSPS) is 14.6. The van der Waals surface area contributed by atoms with Crippen LogP contribution in [0.15, 0.2) is 122 Å². The summed E-state index contributed by atoms with van der Waals surface area (Å²) >= 11 is 0. The van der Waals surface area contributed by atoms with Gasteiger partial charge in [-0.05, 0) is 135 Å². The second-order valence-corrected chi connectivity index (χ2v) is 28.4. The molecule has 0 aromatic heterocycles. The van der Waals surface area contributed by atoms with Gasteiger partial charge in [-0.3, -0.25) is 37.3 Å². The van der Waals surface area contributed by atoms with Gasteiger partial charge in [0.05, 0.1) is 26.4 Å². The van der Waals surface area contributed by atoms with Crippen molar-refractivity contribution in [2.75, 3.05) is 39.6 Å². The van der Waals surface area contributed by atoms with E-state index in [4.69, 9.17) is 37.0 Å². The molecule has 0 heterocycles. The fraction of sp³-hybridized carbons (Fsp3) is 0.704. The van der Waals surface area contributed by atoms with E-state index in [1.54, 1.807) is 0 Å². The molecular formula is C81H138O17P2. The van der Waals surface area contributed by atoms with E-state index in [1.165, 1.54) is 77.0 Å². The fourth-order valence-corrected chi connectivity index (χ4v) is 11.6. The molecule has 100 heavy (non-hydrogen) atoms. The molecule has 0 saturated carbocycles. The van der Waals surface area contributed by atoms with Crippen molar-refractivity contribution in [3.63, 3.8) is 0 Å². The number of rotatable bonds is 72. The number of hydrogen-bond acceptors (Lipinski definition) is 15. The second kappa shape index (κ2) is 72.8. The van der Waals surface area contributed by atoms with Gasteiger partial charge in [-0.25, -0.2) is 9.13 Å². The van der Waals surface area contributed by atoms with E-state index in [9.17, 15) is 43.2 Å². The van der Waals surface area contributed by atoms with Crippen LogP contribution in [0, 0.1) is 0 Å². The summed E-state index contributed by atoms with van der Waals surface area (Å²) in [6.45, 7) is 4.55. The molecule has 0 aromatic rings. The first kappa shape index (κ1) is 95.5. The average Bonchev–Trinajstić information content (AvgIpc) is 0.935. The molecule has 3 N–H and O–H groups in total. The van der Waals surface area contributed by atoms with Crippen molar-refractivity contribution in [3.8, 4) is 0 Å². The molecular weight excluding hydrogens is 1310 g/mol. The number of phosphoric acid groups is 2. The SMILES string of the molecule is CC/C=C\C/C=C\C/C=C\C/C=C\C/C=C\CCCCCC(=O)OCC(COP(=O)(O)OCC(O)COP(=O)(O)OCC(COC(=O)CCCC/C=C\C/C=C\C/C=C\C/C=C\CC)OC(=O)CCCCCCC/C=C\CCCCCC)OC(=O)CCCCCCCCCCCCCCC. The number of ether oxygens (including phenoxy) is 4. The maximum Gasteiger partial charge on any atom is 0.472 e. The number of aliphatic hydroxyl groups excluding tert-OH is 1. The molecule has 574 valence electrons. The number of allylic oxidation sites excluding steroid dienone is 20. The third-order valence-corrected chi connectivity index (χ3v) is 17.8. The van der Waals surface area contributed by atoms with Crippen LogP contribution in [0.2, 0.25) is 0 Å². The van der Waals surface area contributed by atoms with E-state index < -0.39 is 97.5 Å². The van der Waals surface area contributed by atoms with Crippen LogP contribution in [0.1, 0.15) is 310 Å². The summed E-state index contributed by atoms with van der Waals surface area (Å²) < 4.78 is 68.4. The summed E-state index contributed by atoms with van der Waals surface area (Å²) in [5.74, 6) is -2.26. The number of esters is 4. The van der Waals surface area contributed by atoms with Crippen molar-refractivity contribution in [3.05, 3.63) is 122 Å². The van der Waals surface area contributed by atoms with Gasteiger partial charge in [0.15, 0.2) is 12.2 Å². The molecule has 19 heteroatoms. The van der Waals surface area contributed by atoms with E-state index in [1.807, 2.05) is 0 Å². The molecule has 0 aliphatic rings. The zero-order valence-corrected chi connectivity index (χ0v) is 64.4. The molecule has 17 nitrogen and oxygen atoms in total. The first-order valence-corrected chi connectivity index (χ1v) is 41.8. The average molecular weight is 1450 g/mol. The Kier molecular flexibility index (Phi) is 69.5. The predicted octanol–water partition coefficient (Wildman–Crippen LogP) is 22.3. The topological polar surface area (TPSA) is 237 Å². The summed E-state index contributed by atoms with van der Waals surface area (Å²) in [5, 5.41) is 10.6. The van der Waals surface area contributed by atoms with Crippen LogP contribution >= 0.6 is 15.6 Å². The molecule has 0 aromatic carbocycles. The van der Waals surface area contributed by atoms with E-state index >= 15 is 0 Å². The minimum Gasteiger partial charge on any atom is -0.462 e. The highest BCUT2D eigenvalue weighted by Gasteiger charge is 2.30. The molecule has 0 spiro atoms. The van der Waals surface area contributed by atoms with Gasteiger partial charge in [0.2, 0.25) is 0 Å². The Bertz CT molecular complexity index is 2370. The Hall–Kier alpha value is -4.54. The second-order valence-electron chi connectivity index (χ2n) is 25.5. The first-order valence-electron chi connectivity index (χ1n) is 38.8. The molecule has 0 rings (SSSR count). The van der Waals surface area contributed by atoms with Crippen molar-refractivity contribution in [1.29, 1.82) is 0 Å². The van der Waals surface area contributed by atoms with Crippen LogP contribution in [-0.2, 0) is 65.4 Å². The molecule has 0 amide bonds. The van der Waals surface area contributed by atoms with Crippen LogP contribution < -0.4 is 0 Å². The molecule has 0 aliphatic heterocycles. The minimum absolute atomic E-state index is 0.0738. The van der Waals surface area contributed by atoms with Crippen molar-refractivity contribution in [2.24, 2.45) is 0 Å². The lowest BCUT2D eigenvalue weighted by molar-refractivity contribution is -0.161. The number of aliphatic hydroxyl groups is 1. The number of carbonyl (C=O) groups is 4. The smallest absolute Gasteiger partial charge is 0.462 e. The number of carbonyl (C=O) groups excluding carboxylic acids is 4. The summed E-state index contributed by atoms with van der Waals surface area (Å²) in [6, 6.07) is 0. The Morgan fingerprint density at radius 2 is 0.520 bits per heavy atom. The summed E-state index contributed by atoms with van der Waals surface area (Å²) in [4.78, 5) is 72.9. The quantitative estimate of drug-likeness (QED) is 0.0169. The third-order valence-electron chi connectivity index (χ3n) is 15.9. The van der Waals surface area contributed by atoms with E-state index in [2.05, 4.69) is 149 Å². The maximum absolute atomic E-state index is 13.1. The lowest BCUT2D eigenvalue weighted by atomic mass is 10.0. The molecule has 0 radical (unpaired) electrons. The molecule has 5 unspecified atom stereocenters. The van der Waals surface area contributed by atoms with Crippen LogP contribution in [0.25, 0.3) is 0 Å². The van der Waals surface area contributed by atoms with Gasteiger partial charge in [-0.15, -0.1) is 0 Å². The Labute approximate surface area is 606 Å². The van der Waals surface area contributed by atoms with Gasteiger partial charge in [-0.2, -0.15) is 0 Å². The highest BCUT2D eigenvalue weighted by molar-refractivity contribution is 7.47. The Morgan fingerprint density at radius 3 is 0.850 bits per heavy atom. The van der Waals surface area contributed by atoms with Gasteiger partial charge >= 0.3 is 39.5 Å². The monoisotopic (exact) mass is 1440 g/mol. The summed E-state index contributed by atoms with van der Waals surface area (Å²) in [5.41, 5.74) is 0. The highest BCUT2D eigenvalue weighted by Crippen LogP contribution is 2.45. The van der Waals surface area contributed by atoms with E-state index in [0.29, 0.717) is 25.7 Å². The Morgan fingerprint density at radius 1 is 0.290 bits per heavy atom. The van der Waals surface area contributed by atoms with E-state index in [0.717, 1.165) is 154 Å².